The Morgan fingerprint density at radius 1 is 0.897 bits per heavy atom. The van der Waals surface area contributed by atoms with Crippen molar-refractivity contribution >= 4 is 29.1 Å². The highest BCUT2D eigenvalue weighted by molar-refractivity contribution is 6.17. The molecule has 1 aromatic heterocycles. The third-order valence-corrected chi connectivity index (χ3v) is 5.16. The summed E-state index contributed by atoms with van der Waals surface area (Å²) >= 11 is 0. The first kappa shape index (κ1) is 17.1. The maximum Gasteiger partial charge on any atom is 0.260 e. The van der Waals surface area contributed by atoms with E-state index in [1.807, 2.05) is 12.1 Å². The molecule has 0 aliphatic carbocycles. The molecule has 0 saturated carbocycles. The molecule has 2 aromatic carbocycles. The summed E-state index contributed by atoms with van der Waals surface area (Å²) in [6, 6.07) is 17.5. The lowest BCUT2D eigenvalue weighted by Gasteiger charge is -2.40. The van der Waals surface area contributed by atoms with Crippen molar-refractivity contribution < 1.29 is 14.4 Å². The summed E-state index contributed by atoms with van der Waals surface area (Å²) in [4.78, 5) is 46.0. The molecule has 5 rings (SSSR count). The van der Waals surface area contributed by atoms with Crippen molar-refractivity contribution in [2.24, 2.45) is 0 Å². The molecule has 0 saturated heterocycles. The first-order chi connectivity index (χ1) is 14.1. The Morgan fingerprint density at radius 3 is 2.38 bits per heavy atom. The molecule has 1 N–H and O–H groups in total. The number of amides is 3. The quantitative estimate of drug-likeness (QED) is 0.753. The van der Waals surface area contributed by atoms with E-state index >= 15 is 0 Å². The van der Waals surface area contributed by atoms with Gasteiger partial charge in [0.05, 0.1) is 11.3 Å². The smallest absolute Gasteiger partial charge is 0.260 e. The molecule has 29 heavy (non-hydrogen) atoms. The van der Waals surface area contributed by atoms with Crippen molar-refractivity contribution in [2.75, 3.05) is 16.8 Å². The molecule has 142 valence electrons. The van der Waals surface area contributed by atoms with Gasteiger partial charge in [-0.3, -0.25) is 24.3 Å². The molecule has 3 amide bonds. The Kier molecular flexibility index (Phi) is 3.87. The van der Waals surface area contributed by atoms with Crippen LogP contribution in [0.1, 0.15) is 32.4 Å². The van der Waals surface area contributed by atoms with Gasteiger partial charge in [-0.2, -0.15) is 0 Å². The predicted octanol–water partition coefficient (Wildman–Crippen LogP) is 2.84. The minimum atomic E-state index is -0.649. The van der Waals surface area contributed by atoms with Gasteiger partial charge in [0.25, 0.3) is 11.8 Å². The van der Waals surface area contributed by atoms with Crippen molar-refractivity contribution in [3.05, 3.63) is 89.7 Å². The largest absolute Gasteiger partial charge is 0.324 e. The Morgan fingerprint density at radius 2 is 1.59 bits per heavy atom. The molecule has 3 aromatic rings. The van der Waals surface area contributed by atoms with E-state index in [0.29, 0.717) is 22.5 Å². The van der Waals surface area contributed by atoms with E-state index in [4.69, 9.17) is 0 Å². The SMILES string of the molecule is O=C(CN1C(=O)c2ccccc2N2C(=O)c3ccccc3[C@@H]12)Nc1ccncc1. The van der Waals surface area contributed by atoms with E-state index in [1.54, 1.807) is 65.8 Å². The number of nitrogens with one attached hydrogen (secondary N) is 1. The molecule has 2 aliphatic rings. The van der Waals surface area contributed by atoms with Crippen molar-refractivity contribution in [3.63, 3.8) is 0 Å². The minimum Gasteiger partial charge on any atom is -0.324 e. The van der Waals surface area contributed by atoms with Crippen LogP contribution in [0.5, 0.6) is 0 Å². The summed E-state index contributed by atoms with van der Waals surface area (Å²) in [5.41, 5.74) is 2.82. The first-order valence-electron chi connectivity index (χ1n) is 9.17. The molecule has 0 fully saturated rings. The normalized spacial score (nSPS) is 16.9. The second-order valence-corrected chi connectivity index (χ2v) is 6.87. The summed E-state index contributed by atoms with van der Waals surface area (Å²) < 4.78 is 0. The van der Waals surface area contributed by atoms with Crippen LogP contribution in [-0.4, -0.2) is 34.2 Å². The second kappa shape index (κ2) is 6.56. The van der Waals surface area contributed by atoms with Crippen molar-refractivity contribution in [1.29, 1.82) is 0 Å². The fourth-order valence-electron chi connectivity index (χ4n) is 3.92. The summed E-state index contributed by atoms with van der Waals surface area (Å²) in [5.74, 6) is -0.804. The third-order valence-electron chi connectivity index (χ3n) is 5.16. The molecule has 3 heterocycles. The lowest BCUT2D eigenvalue weighted by atomic mass is 10.0. The van der Waals surface area contributed by atoms with E-state index in [2.05, 4.69) is 10.3 Å². The molecule has 2 aliphatic heterocycles. The zero-order chi connectivity index (χ0) is 20.0. The van der Waals surface area contributed by atoms with E-state index in [1.165, 1.54) is 4.90 Å². The number of carbonyl (C=O) groups is 3. The summed E-state index contributed by atoms with van der Waals surface area (Å²) in [5, 5.41) is 2.77. The molecule has 7 heteroatoms. The first-order valence-corrected chi connectivity index (χ1v) is 9.17. The van der Waals surface area contributed by atoms with Gasteiger partial charge in [0, 0.05) is 29.2 Å². The van der Waals surface area contributed by atoms with Crippen LogP contribution in [0, 0.1) is 0 Å². The summed E-state index contributed by atoms with van der Waals surface area (Å²) in [7, 11) is 0. The van der Waals surface area contributed by atoms with Crippen LogP contribution in [0.3, 0.4) is 0 Å². The van der Waals surface area contributed by atoms with Crippen LogP contribution in [0.25, 0.3) is 0 Å². The van der Waals surface area contributed by atoms with E-state index < -0.39 is 6.17 Å². The molecule has 1 atom stereocenters. The lowest BCUT2D eigenvalue weighted by molar-refractivity contribution is -0.117. The molecule has 0 unspecified atom stereocenters. The van der Waals surface area contributed by atoms with Crippen LogP contribution in [0.15, 0.2) is 73.1 Å². The number of nitrogens with zero attached hydrogens (tertiary/aromatic N) is 3. The van der Waals surface area contributed by atoms with Crippen LogP contribution >= 0.6 is 0 Å². The third kappa shape index (κ3) is 2.67. The van der Waals surface area contributed by atoms with E-state index in [9.17, 15) is 14.4 Å². The van der Waals surface area contributed by atoms with Crippen molar-refractivity contribution in [1.82, 2.24) is 9.88 Å². The van der Waals surface area contributed by atoms with Gasteiger partial charge >= 0.3 is 0 Å². The monoisotopic (exact) mass is 384 g/mol. The number of para-hydroxylation sites is 1. The van der Waals surface area contributed by atoms with Gasteiger partial charge in [0.2, 0.25) is 5.91 Å². The van der Waals surface area contributed by atoms with Gasteiger partial charge in [0.15, 0.2) is 0 Å². The van der Waals surface area contributed by atoms with Crippen molar-refractivity contribution in [3.8, 4) is 0 Å². The molecule has 0 radical (unpaired) electrons. The maximum atomic E-state index is 13.3. The number of rotatable bonds is 3. The number of pyridine rings is 1. The maximum absolute atomic E-state index is 13.3. The fourth-order valence-corrected chi connectivity index (χ4v) is 3.92. The zero-order valence-corrected chi connectivity index (χ0v) is 15.3. The highest BCUT2D eigenvalue weighted by Crippen LogP contribution is 2.44. The number of carbonyl (C=O) groups excluding carboxylic acids is 3. The molecular formula is C22H16N4O3. The van der Waals surface area contributed by atoms with Crippen LogP contribution in [0.2, 0.25) is 0 Å². The predicted molar refractivity (Wildman–Crippen MR) is 106 cm³/mol. The average Bonchev–Trinajstić information content (AvgIpc) is 3.05. The van der Waals surface area contributed by atoms with Crippen LogP contribution in [-0.2, 0) is 4.79 Å². The lowest BCUT2D eigenvalue weighted by Crippen LogP contribution is -2.50. The van der Waals surface area contributed by atoms with Gasteiger partial charge in [-0.05, 0) is 30.3 Å². The summed E-state index contributed by atoms with van der Waals surface area (Å²) in [6.07, 6.45) is 2.50. The standard InChI is InChI=1S/C22H16N4O3/c27-19(24-14-9-11-23-12-10-14)13-25-20-15-5-1-2-6-16(15)22(29)26(20)18-8-4-3-7-17(18)21(25)28/h1-12,20H,13H2,(H,23,24,27)/t20-/m0/s1. The molecule has 0 bridgehead atoms. The Bertz CT molecular complexity index is 1150. The highest BCUT2D eigenvalue weighted by atomic mass is 16.2. The van der Waals surface area contributed by atoms with Crippen LogP contribution < -0.4 is 10.2 Å². The van der Waals surface area contributed by atoms with Gasteiger partial charge in [-0.1, -0.05) is 30.3 Å². The Labute approximate surface area is 166 Å². The van der Waals surface area contributed by atoms with Gasteiger partial charge in [0.1, 0.15) is 12.7 Å². The number of hydrogen-bond acceptors (Lipinski definition) is 4. The van der Waals surface area contributed by atoms with Crippen LogP contribution in [0.4, 0.5) is 11.4 Å². The van der Waals surface area contributed by atoms with Gasteiger partial charge in [-0.15, -0.1) is 0 Å². The summed E-state index contributed by atoms with van der Waals surface area (Å²) in [6.45, 7) is -0.182. The Balaban J connectivity index is 1.55. The number of fused-ring (bicyclic) bond motifs is 5. The number of anilines is 2. The topological polar surface area (TPSA) is 82.6 Å². The fraction of sp³-hybridized carbons (Fsp3) is 0.0909. The number of benzene rings is 2. The molecular weight excluding hydrogens is 368 g/mol. The minimum absolute atomic E-state index is 0.176. The molecule has 7 nitrogen and oxygen atoms in total. The zero-order valence-electron chi connectivity index (χ0n) is 15.3. The number of hydrogen-bond donors (Lipinski definition) is 1. The highest BCUT2D eigenvalue weighted by Gasteiger charge is 2.47. The number of aromatic nitrogens is 1. The Hall–Kier alpha value is -4.00. The second-order valence-electron chi connectivity index (χ2n) is 6.87. The van der Waals surface area contributed by atoms with E-state index in [0.717, 1.165) is 5.56 Å². The van der Waals surface area contributed by atoms with Crippen molar-refractivity contribution in [2.45, 2.75) is 6.17 Å². The van der Waals surface area contributed by atoms with E-state index in [-0.39, 0.29) is 24.3 Å². The molecule has 0 spiro atoms. The average molecular weight is 384 g/mol. The van der Waals surface area contributed by atoms with Gasteiger partial charge < -0.3 is 10.2 Å². The van der Waals surface area contributed by atoms with Gasteiger partial charge in [-0.25, -0.2) is 0 Å².